The topological polar surface area (TPSA) is 74.2 Å². The number of rotatable bonds is 3. The first-order chi connectivity index (χ1) is 12.6. The van der Waals surface area contributed by atoms with Crippen LogP contribution >= 0.6 is 11.6 Å². The summed E-state index contributed by atoms with van der Waals surface area (Å²) >= 11 is 5.95. The van der Waals surface area contributed by atoms with Gasteiger partial charge in [0.25, 0.3) is 0 Å². The van der Waals surface area contributed by atoms with Crippen LogP contribution in [0.4, 0.5) is 5.82 Å². The van der Waals surface area contributed by atoms with Gasteiger partial charge in [-0.05, 0) is 50.7 Å². The highest BCUT2D eigenvalue weighted by atomic mass is 35.5. The number of phenols is 1. The second-order valence-corrected chi connectivity index (χ2v) is 7.16. The molecule has 0 bridgehead atoms. The van der Waals surface area contributed by atoms with Crippen molar-refractivity contribution < 1.29 is 5.11 Å². The Hall–Kier alpha value is -2.44. The number of aromatic nitrogens is 3. The van der Waals surface area contributed by atoms with Gasteiger partial charge in [0, 0.05) is 46.3 Å². The van der Waals surface area contributed by atoms with E-state index in [1.807, 2.05) is 6.07 Å². The van der Waals surface area contributed by atoms with Gasteiger partial charge in [0.15, 0.2) is 5.82 Å². The molecule has 0 aliphatic carbocycles. The number of hydrogen-bond donors (Lipinski definition) is 2. The summed E-state index contributed by atoms with van der Waals surface area (Å²) in [7, 11) is 2.13. The van der Waals surface area contributed by atoms with E-state index in [0.29, 0.717) is 22.3 Å². The van der Waals surface area contributed by atoms with Crippen LogP contribution in [-0.4, -0.2) is 51.4 Å². The number of fused-ring (bicyclic) bond motifs is 1. The first-order valence-corrected chi connectivity index (χ1v) is 9.04. The zero-order chi connectivity index (χ0) is 18.1. The number of phenolic OH excluding ortho intramolecular Hbond substituents is 1. The maximum absolute atomic E-state index is 10.3. The second kappa shape index (κ2) is 7.05. The lowest BCUT2D eigenvalue weighted by atomic mass is 10.0. The van der Waals surface area contributed by atoms with Crippen LogP contribution in [0.2, 0.25) is 5.02 Å². The minimum Gasteiger partial charge on any atom is -0.507 e. The van der Waals surface area contributed by atoms with Gasteiger partial charge in [-0.1, -0.05) is 11.6 Å². The Labute approximate surface area is 156 Å². The number of anilines is 1. The molecule has 0 amide bonds. The van der Waals surface area contributed by atoms with E-state index in [4.69, 9.17) is 11.6 Å². The normalized spacial score (nSPS) is 18.2. The fourth-order valence-electron chi connectivity index (χ4n) is 3.49. The monoisotopic (exact) mass is 369 g/mol. The van der Waals surface area contributed by atoms with Gasteiger partial charge >= 0.3 is 0 Å². The molecule has 1 fully saturated rings. The minimum atomic E-state index is 0.0829. The molecule has 1 aliphatic rings. The van der Waals surface area contributed by atoms with Crippen molar-refractivity contribution in [1.82, 2.24) is 20.1 Å². The number of likely N-dealkylation sites (N-methyl/N-ethyl adjacent to an activating group) is 1. The molecule has 1 aromatic carbocycles. The quantitative estimate of drug-likeness (QED) is 0.735. The summed E-state index contributed by atoms with van der Waals surface area (Å²) in [6.45, 7) is 2.10. The zero-order valence-corrected chi connectivity index (χ0v) is 15.2. The van der Waals surface area contributed by atoms with Gasteiger partial charge in [-0.3, -0.25) is 4.98 Å². The van der Waals surface area contributed by atoms with E-state index < -0.39 is 0 Å². The molecule has 6 nitrogen and oxygen atoms in total. The highest BCUT2D eigenvalue weighted by Gasteiger charge is 2.20. The number of benzene rings is 1. The number of aromatic hydroxyl groups is 1. The van der Waals surface area contributed by atoms with Crippen LogP contribution in [0, 0.1) is 0 Å². The lowest BCUT2D eigenvalue weighted by Gasteiger charge is -2.30. The van der Waals surface area contributed by atoms with Crippen LogP contribution < -0.4 is 5.32 Å². The van der Waals surface area contributed by atoms with E-state index >= 15 is 0 Å². The molecule has 3 heterocycles. The molecule has 7 heteroatoms. The zero-order valence-electron chi connectivity index (χ0n) is 14.5. The molecule has 4 rings (SSSR count). The Kier molecular flexibility index (Phi) is 4.61. The summed E-state index contributed by atoms with van der Waals surface area (Å²) in [5.41, 5.74) is 1.21. The van der Waals surface area contributed by atoms with Crippen molar-refractivity contribution >= 4 is 28.2 Å². The van der Waals surface area contributed by atoms with E-state index in [1.165, 1.54) is 6.07 Å². The molecular formula is C19H20ClN5O. The third-order valence-electron chi connectivity index (χ3n) is 4.76. The number of nitrogens with zero attached hydrogens (tertiary/aromatic N) is 4. The van der Waals surface area contributed by atoms with Crippen molar-refractivity contribution in [2.24, 2.45) is 0 Å². The molecular weight excluding hydrogens is 350 g/mol. The van der Waals surface area contributed by atoms with Crippen LogP contribution in [0.25, 0.3) is 22.0 Å². The Morgan fingerprint density at radius 2 is 2.12 bits per heavy atom. The molecule has 2 aromatic heterocycles. The minimum absolute atomic E-state index is 0.0829. The molecule has 1 aliphatic heterocycles. The predicted molar refractivity (Wildman–Crippen MR) is 104 cm³/mol. The second-order valence-electron chi connectivity index (χ2n) is 6.73. The van der Waals surface area contributed by atoms with E-state index in [1.54, 1.807) is 24.5 Å². The van der Waals surface area contributed by atoms with Crippen molar-refractivity contribution in [3.63, 3.8) is 0 Å². The molecule has 1 atom stereocenters. The average molecular weight is 370 g/mol. The first-order valence-electron chi connectivity index (χ1n) is 8.66. The molecule has 26 heavy (non-hydrogen) atoms. The van der Waals surface area contributed by atoms with E-state index in [2.05, 4.69) is 32.4 Å². The number of halogens is 1. The standard InChI is InChI=1S/C19H20ClN5O/c1-25-8-2-3-13(11-25)22-19-16-10-21-7-6-14(16)18(23-24-19)15-5-4-12(20)9-17(15)26/h4-7,9-10,13,26H,2-3,8,11H2,1H3,(H,22,24)/t13-/m1/s1. The van der Waals surface area contributed by atoms with Crippen LogP contribution in [-0.2, 0) is 0 Å². The van der Waals surface area contributed by atoms with Gasteiger partial charge in [-0.25, -0.2) is 0 Å². The van der Waals surface area contributed by atoms with E-state index in [-0.39, 0.29) is 5.75 Å². The molecule has 3 aromatic rings. The summed E-state index contributed by atoms with van der Waals surface area (Å²) in [6.07, 6.45) is 5.77. The van der Waals surface area contributed by atoms with Crippen molar-refractivity contribution in [3.8, 4) is 17.0 Å². The fraction of sp³-hybridized carbons (Fsp3) is 0.316. The molecule has 0 saturated carbocycles. The highest BCUT2D eigenvalue weighted by Crippen LogP contribution is 2.35. The number of piperidine rings is 1. The van der Waals surface area contributed by atoms with Crippen LogP contribution in [0.1, 0.15) is 12.8 Å². The molecule has 0 spiro atoms. The van der Waals surface area contributed by atoms with Gasteiger partial charge in [0.2, 0.25) is 0 Å². The lowest BCUT2D eigenvalue weighted by molar-refractivity contribution is 0.261. The maximum atomic E-state index is 10.3. The summed E-state index contributed by atoms with van der Waals surface area (Å²) in [5.74, 6) is 0.810. The Morgan fingerprint density at radius 3 is 2.92 bits per heavy atom. The SMILES string of the molecule is CN1CCC[C@@H](Nc2nnc(-c3ccc(Cl)cc3O)c3ccncc23)C1. The van der Waals surface area contributed by atoms with Gasteiger partial charge in [0.1, 0.15) is 11.4 Å². The number of likely N-dealkylation sites (tertiary alicyclic amines) is 1. The third kappa shape index (κ3) is 3.30. The maximum Gasteiger partial charge on any atom is 0.158 e. The molecule has 134 valence electrons. The predicted octanol–water partition coefficient (Wildman–Crippen LogP) is 3.56. The Morgan fingerprint density at radius 1 is 1.23 bits per heavy atom. The van der Waals surface area contributed by atoms with Crippen LogP contribution in [0.15, 0.2) is 36.7 Å². The largest absolute Gasteiger partial charge is 0.507 e. The number of pyridine rings is 1. The van der Waals surface area contributed by atoms with E-state index in [9.17, 15) is 5.11 Å². The first kappa shape index (κ1) is 17.0. The fourth-order valence-corrected chi connectivity index (χ4v) is 3.65. The van der Waals surface area contributed by atoms with Gasteiger partial charge in [0.05, 0.1) is 0 Å². The molecule has 0 radical (unpaired) electrons. The van der Waals surface area contributed by atoms with Crippen LogP contribution in [0.3, 0.4) is 0 Å². The van der Waals surface area contributed by atoms with Crippen molar-refractivity contribution in [2.75, 3.05) is 25.5 Å². The van der Waals surface area contributed by atoms with E-state index in [0.717, 1.165) is 42.5 Å². The smallest absolute Gasteiger partial charge is 0.158 e. The Bertz CT molecular complexity index is 948. The molecule has 0 unspecified atom stereocenters. The van der Waals surface area contributed by atoms with Crippen molar-refractivity contribution in [1.29, 1.82) is 0 Å². The average Bonchev–Trinajstić information content (AvgIpc) is 2.63. The summed E-state index contributed by atoms with van der Waals surface area (Å²) in [5, 5.41) is 24.8. The highest BCUT2D eigenvalue weighted by molar-refractivity contribution is 6.30. The van der Waals surface area contributed by atoms with Gasteiger partial charge in [-0.15, -0.1) is 10.2 Å². The summed E-state index contributed by atoms with van der Waals surface area (Å²) < 4.78 is 0. The molecule has 1 saturated heterocycles. The lowest BCUT2D eigenvalue weighted by Crippen LogP contribution is -2.40. The van der Waals surface area contributed by atoms with Crippen molar-refractivity contribution in [3.05, 3.63) is 41.7 Å². The number of hydrogen-bond acceptors (Lipinski definition) is 6. The number of nitrogens with one attached hydrogen (secondary N) is 1. The summed E-state index contributed by atoms with van der Waals surface area (Å²) in [6, 6.07) is 7.22. The molecule has 2 N–H and O–H groups in total. The third-order valence-corrected chi connectivity index (χ3v) is 5.00. The van der Waals surface area contributed by atoms with Gasteiger partial charge in [-0.2, -0.15) is 0 Å². The summed E-state index contributed by atoms with van der Waals surface area (Å²) in [4.78, 5) is 6.57. The van der Waals surface area contributed by atoms with Crippen LogP contribution in [0.5, 0.6) is 5.75 Å². The van der Waals surface area contributed by atoms with Gasteiger partial charge < -0.3 is 15.3 Å². The Balaban J connectivity index is 1.76. The van der Waals surface area contributed by atoms with Crippen molar-refractivity contribution in [2.45, 2.75) is 18.9 Å².